The minimum absolute atomic E-state index is 0.360. The van der Waals surface area contributed by atoms with Crippen molar-refractivity contribution in [2.45, 2.75) is 6.92 Å². The van der Waals surface area contributed by atoms with Gasteiger partial charge in [0.2, 0.25) is 0 Å². The summed E-state index contributed by atoms with van der Waals surface area (Å²) in [5, 5.41) is 0.810. The average molecular weight is 244 g/mol. The average Bonchev–Trinajstić information content (AvgIpc) is 2.37. The van der Waals surface area contributed by atoms with Gasteiger partial charge in [-0.3, -0.25) is 0 Å². The monoisotopic (exact) mass is 244 g/mol. The zero-order valence-electron chi connectivity index (χ0n) is 10.1. The van der Waals surface area contributed by atoms with E-state index in [0.717, 1.165) is 5.39 Å². The van der Waals surface area contributed by atoms with Crippen LogP contribution in [-0.4, -0.2) is 13.1 Å². The molecule has 0 N–H and O–H groups in total. The van der Waals surface area contributed by atoms with Gasteiger partial charge in [-0.25, -0.2) is 9.59 Å². The fourth-order valence-electron chi connectivity index (χ4n) is 1.65. The lowest BCUT2D eigenvalue weighted by atomic mass is 10.1. The smallest absolute Gasteiger partial charge is 0.343 e. The normalized spacial score (nSPS) is 11.6. The molecule has 0 saturated carbocycles. The van der Waals surface area contributed by atoms with Gasteiger partial charge in [-0.2, -0.15) is 0 Å². The van der Waals surface area contributed by atoms with Crippen LogP contribution in [0.25, 0.3) is 16.5 Å². The van der Waals surface area contributed by atoms with Crippen LogP contribution in [0.4, 0.5) is 0 Å². The van der Waals surface area contributed by atoms with Gasteiger partial charge in [0.25, 0.3) is 0 Å². The van der Waals surface area contributed by atoms with Crippen LogP contribution in [0.1, 0.15) is 12.5 Å². The number of ether oxygens (including phenoxy) is 1. The first kappa shape index (κ1) is 12.1. The highest BCUT2D eigenvalue weighted by Gasteiger charge is 2.08. The quantitative estimate of drug-likeness (QED) is 0.462. The molecule has 4 heteroatoms. The van der Waals surface area contributed by atoms with Gasteiger partial charge >= 0.3 is 11.6 Å². The molecule has 0 aliphatic carbocycles. The van der Waals surface area contributed by atoms with Gasteiger partial charge in [-0.05, 0) is 24.6 Å². The summed E-state index contributed by atoms with van der Waals surface area (Å²) in [7, 11) is 1.29. The molecular formula is C14H12O4. The zero-order valence-corrected chi connectivity index (χ0v) is 10.1. The lowest BCUT2D eigenvalue weighted by Crippen LogP contribution is -2.06. The number of fused-ring (bicyclic) bond motifs is 1. The Balaban J connectivity index is 2.58. The molecule has 0 unspecified atom stereocenters. The second-order valence-corrected chi connectivity index (χ2v) is 3.84. The Morgan fingerprint density at radius 1 is 1.33 bits per heavy atom. The van der Waals surface area contributed by atoms with Gasteiger partial charge < -0.3 is 9.15 Å². The molecule has 0 fully saturated rings. The summed E-state index contributed by atoms with van der Waals surface area (Å²) in [4.78, 5) is 22.9. The number of rotatable bonds is 2. The lowest BCUT2D eigenvalue weighted by molar-refractivity contribution is -0.134. The van der Waals surface area contributed by atoms with Crippen molar-refractivity contribution in [2.24, 2.45) is 0 Å². The fraction of sp³-hybridized carbons (Fsp3) is 0.143. The zero-order chi connectivity index (χ0) is 13.1. The first-order chi connectivity index (χ1) is 8.61. The molecule has 92 valence electrons. The van der Waals surface area contributed by atoms with Gasteiger partial charge in [0.05, 0.1) is 12.7 Å². The highest BCUT2D eigenvalue weighted by atomic mass is 16.5. The number of hydrogen-bond acceptors (Lipinski definition) is 4. The SMILES string of the molecule is COC(=O)/C=C(/C)c1cc2ccccc2oc1=O. The van der Waals surface area contributed by atoms with Gasteiger partial charge in [0.15, 0.2) is 0 Å². The van der Waals surface area contributed by atoms with Crippen molar-refractivity contribution in [1.82, 2.24) is 0 Å². The number of methoxy groups -OCH3 is 1. The first-order valence-corrected chi connectivity index (χ1v) is 5.41. The standard InChI is InChI=1S/C14H12O4/c1-9(7-13(15)17-2)11-8-10-5-3-4-6-12(10)18-14(11)16/h3-8H,1-2H3/b9-7-. The molecule has 4 nitrogen and oxygen atoms in total. The maximum absolute atomic E-state index is 11.8. The second-order valence-electron chi connectivity index (χ2n) is 3.84. The van der Waals surface area contributed by atoms with E-state index in [0.29, 0.717) is 16.7 Å². The molecule has 2 aromatic rings. The van der Waals surface area contributed by atoms with E-state index < -0.39 is 11.6 Å². The molecule has 0 amide bonds. The molecule has 0 atom stereocenters. The van der Waals surface area contributed by atoms with Crippen molar-refractivity contribution < 1.29 is 13.9 Å². The predicted molar refractivity (Wildman–Crippen MR) is 68.2 cm³/mol. The summed E-state index contributed by atoms with van der Waals surface area (Å²) < 4.78 is 9.70. The van der Waals surface area contributed by atoms with Gasteiger partial charge in [0.1, 0.15) is 5.58 Å². The number of carbonyl (C=O) groups is 1. The van der Waals surface area contributed by atoms with Crippen molar-refractivity contribution in [3.8, 4) is 0 Å². The molecule has 18 heavy (non-hydrogen) atoms. The molecule has 0 aliphatic rings. The summed E-state index contributed by atoms with van der Waals surface area (Å²) in [5.41, 5.74) is 0.934. The fourth-order valence-corrected chi connectivity index (χ4v) is 1.65. The third-order valence-corrected chi connectivity index (χ3v) is 2.60. The Labute approximate surface area is 103 Å². The lowest BCUT2D eigenvalue weighted by Gasteiger charge is -2.02. The van der Waals surface area contributed by atoms with Crippen LogP contribution < -0.4 is 5.63 Å². The molecular weight excluding hydrogens is 232 g/mol. The third kappa shape index (κ3) is 2.32. The van der Waals surface area contributed by atoms with Crippen LogP contribution in [0.15, 0.2) is 45.6 Å². The van der Waals surface area contributed by atoms with Crippen LogP contribution >= 0.6 is 0 Å². The van der Waals surface area contributed by atoms with Crippen molar-refractivity contribution >= 4 is 22.5 Å². The number of carbonyl (C=O) groups excluding carboxylic acids is 1. The van der Waals surface area contributed by atoms with E-state index in [4.69, 9.17) is 4.42 Å². The summed E-state index contributed by atoms with van der Waals surface area (Å²) in [5.74, 6) is -0.500. The minimum atomic E-state index is -0.500. The maximum atomic E-state index is 11.8. The van der Waals surface area contributed by atoms with E-state index in [1.54, 1.807) is 25.1 Å². The largest absolute Gasteiger partial charge is 0.466 e. The molecule has 0 bridgehead atoms. The Kier molecular flexibility index (Phi) is 3.28. The van der Waals surface area contributed by atoms with E-state index >= 15 is 0 Å². The van der Waals surface area contributed by atoms with Crippen LogP contribution in [0.2, 0.25) is 0 Å². The molecule has 1 aromatic heterocycles. The van der Waals surface area contributed by atoms with Crippen LogP contribution in [-0.2, 0) is 9.53 Å². The molecule has 0 spiro atoms. The second kappa shape index (κ2) is 4.87. The number of esters is 1. The molecule has 1 heterocycles. The van der Waals surface area contributed by atoms with E-state index in [9.17, 15) is 9.59 Å². The van der Waals surface area contributed by atoms with Crippen LogP contribution in [0.5, 0.6) is 0 Å². The number of para-hydroxylation sites is 1. The van der Waals surface area contributed by atoms with E-state index in [2.05, 4.69) is 4.74 Å². The Hall–Kier alpha value is -2.36. The van der Waals surface area contributed by atoms with Crippen LogP contribution in [0, 0.1) is 0 Å². The van der Waals surface area contributed by atoms with Gasteiger partial charge in [-0.15, -0.1) is 0 Å². The maximum Gasteiger partial charge on any atom is 0.343 e. The number of benzene rings is 1. The van der Waals surface area contributed by atoms with Gasteiger partial charge in [0, 0.05) is 11.5 Å². The topological polar surface area (TPSA) is 56.5 Å². The van der Waals surface area contributed by atoms with Gasteiger partial charge in [-0.1, -0.05) is 18.2 Å². The van der Waals surface area contributed by atoms with E-state index in [-0.39, 0.29) is 0 Å². The number of hydrogen-bond donors (Lipinski definition) is 0. The summed E-state index contributed by atoms with van der Waals surface area (Å²) in [6.45, 7) is 1.66. The van der Waals surface area contributed by atoms with E-state index in [1.807, 2.05) is 12.1 Å². The Bertz CT molecular complexity index is 679. The number of allylic oxidation sites excluding steroid dienone is 1. The highest BCUT2D eigenvalue weighted by Crippen LogP contribution is 2.17. The summed E-state index contributed by atoms with van der Waals surface area (Å²) >= 11 is 0. The van der Waals surface area contributed by atoms with Crippen molar-refractivity contribution in [2.75, 3.05) is 7.11 Å². The first-order valence-electron chi connectivity index (χ1n) is 5.41. The molecule has 0 radical (unpaired) electrons. The highest BCUT2D eigenvalue weighted by molar-refractivity contribution is 5.91. The molecule has 1 aromatic carbocycles. The van der Waals surface area contributed by atoms with Crippen molar-refractivity contribution in [3.05, 3.63) is 52.4 Å². The molecule has 0 aliphatic heterocycles. The third-order valence-electron chi connectivity index (χ3n) is 2.60. The summed E-state index contributed by atoms with van der Waals surface area (Å²) in [6.07, 6.45) is 1.26. The van der Waals surface area contributed by atoms with Crippen molar-refractivity contribution in [3.63, 3.8) is 0 Å². The van der Waals surface area contributed by atoms with E-state index in [1.165, 1.54) is 13.2 Å². The predicted octanol–water partition coefficient (Wildman–Crippen LogP) is 2.37. The Morgan fingerprint density at radius 3 is 2.78 bits per heavy atom. The minimum Gasteiger partial charge on any atom is -0.466 e. The van der Waals surface area contributed by atoms with Crippen molar-refractivity contribution in [1.29, 1.82) is 0 Å². The summed E-state index contributed by atoms with van der Waals surface area (Å²) in [6, 6.07) is 8.91. The Morgan fingerprint density at radius 2 is 2.06 bits per heavy atom. The molecule has 0 saturated heterocycles. The molecule has 2 rings (SSSR count). The van der Waals surface area contributed by atoms with Crippen LogP contribution in [0.3, 0.4) is 0 Å².